The van der Waals surface area contributed by atoms with E-state index in [0.717, 1.165) is 29.7 Å². The van der Waals surface area contributed by atoms with Gasteiger partial charge in [-0.25, -0.2) is 0 Å². The normalized spacial score (nSPS) is 37.4. The van der Waals surface area contributed by atoms with Gasteiger partial charge in [0.25, 0.3) is 0 Å². The summed E-state index contributed by atoms with van der Waals surface area (Å²) < 4.78 is 0. The van der Waals surface area contributed by atoms with Crippen LogP contribution in [0.25, 0.3) is 0 Å². The highest BCUT2D eigenvalue weighted by Crippen LogP contribution is 2.44. The first-order chi connectivity index (χ1) is 9.86. The summed E-state index contributed by atoms with van der Waals surface area (Å²) in [5.74, 6) is 4.21. The van der Waals surface area contributed by atoms with Crippen molar-refractivity contribution in [2.45, 2.75) is 89.5 Å². The first-order valence-corrected chi connectivity index (χ1v) is 9.54. The Bertz CT molecular complexity index is 279. The molecule has 0 aromatic heterocycles. The fourth-order valence-corrected chi connectivity index (χ4v) is 5.60. The molecule has 0 aromatic rings. The van der Waals surface area contributed by atoms with Crippen LogP contribution < -0.4 is 5.32 Å². The van der Waals surface area contributed by atoms with Gasteiger partial charge < -0.3 is 5.32 Å². The van der Waals surface area contributed by atoms with Crippen LogP contribution >= 0.6 is 0 Å². The lowest BCUT2D eigenvalue weighted by molar-refractivity contribution is 0.102. The Labute approximate surface area is 126 Å². The van der Waals surface area contributed by atoms with Crippen LogP contribution in [0.5, 0.6) is 0 Å². The van der Waals surface area contributed by atoms with Crippen molar-refractivity contribution in [2.24, 2.45) is 23.7 Å². The van der Waals surface area contributed by atoms with Crippen LogP contribution in [0, 0.1) is 23.7 Å². The zero-order chi connectivity index (χ0) is 13.8. The molecule has 0 spiro atoms. The van der Waals surface area contributed by atoms with Crippen LogP contribution in [-0.4, -0.2) is 13.1 Å². The molecule has 116 valence electrons. The van der Waals surface area contributed by atoms with Crippen LogP contribution in [0.15, 0.2) is 0 Å². The lowest BCUT2D eigenvalue weighted by atomic mass is 9.65. The van der Waals surface area contributed by atoms with E-state index < -0.39 is 0 Å². The van der Waals surface area contributed by atoms with Crippen LogP contribution in [0.4, 0.5) is 0 Å². The topological polar surface area (TPSA) is 12.0 Å². The van der Waals surface area contributed by atoms with E-state index in [-0.39, 0.29) is 0 Å². The van der Waals surface area contributed by atoms with Gasteiger partial charge in [0.15, 0.2) is 0 Å². The lowest BCUT2D eigenvalue weighted by Crippen LogP contribution is -2.40. The van der Waals surface area contributed by atoms with Gasteiger partial charge in [0.05, 0.1) is 0 Å². The zero-order valence-corrected chi connectivity index (χ0v) is 13.6. The van der Waals surface area contributed by atoms with Crippen molar-refractivity contribution in [2.75, 3.05) is 7.05 Å². The average Bonchev–Trinajstić information content (AvgIpc) is 2.53. The third-order valence-corrected chi connectivity index (χ3v) is 6.83. The summed E-state index contributed by atoms with van der Waals surface area (Å²) in [7, 11) is 2.22. The third kappa shape index (κ3) is 3.59. The molecule has 3 rings (SSSR count). The molecule has 0 saturated heterocycles. The molecule has 0 heterocycles. The SMILES string of the molecule is CNC(CC1CCCCC1)C1CCC2CCCCC2C1. The molecular weight excluding hydrogens is 242 g/mol. The molecule has 1 N–H and O–H groups in total. The van der Waals surface area contributed by atoms with Crippen molar-refractivity contribution in [3.05, 3.63) is 0 Å². The van der Waals surface area contributed by atoms with Crippen molar-refractivity contribution in [3.8, 4) is 0 Å². The largest absolute Gasteiger partial charge is 0.317 e. The van der Waals surface area contributed by atoms with Crippen LogP contribution in [0.1, 0.15) is 83.5 Å². The van der Waals surface area contributed by atoms with Gasteiger partial charge >= 0.3 is 0 Å². The smallest absolute Gasteiger partial charge is 0.00950 e. The molecular formula is C19H35N. The van der Waals surface area contributed by atoms with Gasteiger partial charge in [-0.1, -0.05) is 57.8 Å². The molecule has 0 aromatic carbocycles. The van der Waals surface area contributed by atoms with Gasteiger partial charge in [0.1, 0.15) is 0 Å². The second-order valence-corrected chi connectivity index (χ2v) is 8.01. The fraction of sp³-hybridized carbons (Fsp3) is 1.00. The maximum Gasteiger partial charge on any atom is 0.00950 e. The second kappa shape index (κ2) is 7.29. The standard InChI is InChI=1S/C19H35N/c1-20-19(13-15-7-3-2-4-8-15)18-12-11-16-9-5-6-10-17(16)14-18/h15-20H,2-14H2,1H3. The Morgan fingerprint density at radius 3 is 2.25 bits per heavy atom. The Kier molecular flexibility index (Phi) is 5.42. The molecule has 3 aliphatic rings. The van der Waals surface area contributed by atoms with Crippen molar-refractivity contribution < 1.29 is 0 Å². The molecule has 3 fully saturated rings. The molecule has 20 heavy (non-hydrogen) atoms. The number of hydrogen-bond donors (Lipinski definition) is 1. The average molecular weight is 277 g/mol. The minimum atomic E-state index is 0.820. The van der Waals surface area contributed by atoms with Crippen molar-refractivity contribution >= 4 is 0 Å². The minimum Gasteiger partial charge on any atom is -0.317 e. The number of nitrogens with one attached hydrogen (secondary N) is 1. The molecule has 4 unspecified atom stereocenters. The molecule has 1 heteroatoms. The summed E-state index contributed by atoms with van der Waals surface area (Å²) in [6.45, 7) is 0. The van der Waals surface area contributed by atoms with Crippen LogP contribution in [0.2, 0.25) is 0 Å². The summed E-state index contributed by atoms with van der Waals surface area (Å²) in [4.78, 5) is 0. The van der Waals surface area contributed by atoms with Crippen LogP contribution in [-0.2, 0) is 0 Å². The zero-order valence-electron chi connectivity index (χ0n) is 13.6. The van der Waals surface area contributed by atoms with E-state index >= 15 is 0 Å². The monoisotopic (exact) mass is 277 g/mol. The predicted molar refractivity (Wildman–Crippen MR) is 86.8 cm³/mol. The maximum absolute atomic E-state index is 3.71. The highest BCUT2D eigenvalue weighted by molar-refractivity contribution is 4.89. The molecule has 3 aliphatic carbocycles. The minimum absolute atomic E-state index is 0.820. The summed E-state index contributed by atoms with van der Waals surface area (Å²) >= 11 is 0. The van der Waals surface area contributed by atoms with Crippen LogP contribution in [0.3, 0.4) is 0 Å². The Morgan fingerprint density at radius 1 is 0.800 bits per heavy atom. The van der Waals surface area contributed by atoms with Gasteiger partial charge in [0.2, 0.25) is 0 Å². The number of hydrogen-bond acceptors (Lipinski definition) is 1. The Morgan fingerprint density at radius 2 is 1.50 bits per heavy atom. The molecule has 1 nitrogen and oxygen atoms in total. The van der Waals surface area contributed by atoms with E-state index in [0.29, 0.717) is 0 Å². The van der Waals surface area contributed by atoms with Crippen molar-refractivity contribution in [1.82, 2.24) is 5.32 Å². The van der Waals surface area contributed by atoms with Gasteiger partial charge in [-0.3, -0.25) is 0 Å². The van der Waals surface area contributed by atoms with E-state index in [1.807, 2.05) is 0 Å². The maximum atomic E-state index is 3.71. The van der Waals surface area contributed by atoms with E-state index in [2.05, 4.69) is 12.4 Å². The quantitative estimate of drug-likeness (QED) is 0.749. The third-order valence-electron chi connectivity index (χ3n) is 6.83. The summed E-state index contributed by atoms with van der Waals surface area (Å²) in [5, 5.41) is 3.71. The van der Waals surface area contributed by atoms with Crippen molar-refractivity contribution in [1.29, 1.82) is 0 Å². The first kappa shape index (κ1) is 14.9. The Hall–Kier alpha value is -0.0400. The van der Waals surface area contributed by atoms with Gasteiger partial charge in [-0.05, 0) is 56.4 Å². The lowest BCUT2D eigenvalue weighted by Gasteiger charge is -2.42. The van der Waals surface area contributed by atoms with E-state index in [9.17, 15) is 0 Å². The highest BCUT2D eigenvalue weighted by atomic mass is 14.9. The fourth-order valence-electron chi connectivity index (χ4n) is 5.60. The summed E-state index contributed by atoms with van der Waals surface area (Å²) in [6, 6.07) is 0.820. The molecule has 0 bridgehead atoms. The van der Waals surface area contributed by atoms with E-state index in [1.54, 1.807) is 19.3 Å². The molecule has 0 amide bonds. The van der Waals surface area contributed by atoms with Gasteiger partial charge in [-0.2, -0.15) is 0 Å². The predicted octanol–water partition coefficient (Wildman–Crippen LogP) is 5.15. The van der Waals surface area contributed by atoms with E-state index in [1.165, 1.54) is 64.2 Å². The first-order valence-electron chi connectivity index (χ1n) is 9.54. The molecule has 4 atom stereocenters. The molecule has 3 saturated carbocycles. The van der Waals surface area contributed by atoms with Gasteiger partial charge in [0, 0.05) is 6.04 Å². The number of rotatable bonds is 4. The van der Waals surface area contributed by atoms with E-state index in [4.69, 9.17) is 0 Å². The second-order valence-electron chi connectivity index (χ2n) is 8.01. The van der Waals surface area contributed by atoms with Crippen molar-refractivity contribution in [3.63, 3.8) is 0 Å². The highest BCUT2D eigenvalue weighted by Gasteiger charge is 2.35. The number of fused-ring (bicyclic) bond motifs is 1. The molecule has 0 aliphatic heterocycles. The molecule has 0 radical (unpaired) electrons. The Balaban J connectivity index is 1.52. The summed E-state index contributed by atoms with van der Waals surface area (Å²) in [5.41, 5.74) is 0. The van der Waals surface area contributed by atoms with Gasteiger partial charge in [-0.15, -0.1) is 0 Å². The summed E-state index contributed by atoms with van der Waals surface area (Å²) in [6.07, 6.45) is 19.7.